The van der Waals surface area contributed by atoms with Crippen LogP contribution in [0, 0.1) is 10.1 Å². The van der Waals surface area contributed by atoms with E-state index in [-0.39, 0.29) is 19.8 Å². The Morgan fingerprint density at radius 1 is 0.703 bits per heavy atom. The third-order valence-electron chi connectivity index (χ3n) is 6.65. The Morgan fingerprint density at radius 2 is 1.16 bits per heavy atom. The molecule has 196 valence electrons. The third kappa shape index (κ3) is 6.04. The van der Waals surface area contributed by atoms with Gasteiger partial charge in [-0.05, 0) is 16.7 Å². The van der Waals surface area contributed by atoms with E-state index in [0.29, 0.717) is 0 Å². The molecule has 0 amide bonds. The summed E-state index contributed by atoms with van der Waals surface area (Å²) in [7, 11) is 0. The van der Waals surface area contributed by atoms with E-state index in [1.165, 1.54) is 0 Å². The molecule has 1 saturated carbocycles. The minimum Gasteiger partial charge on any atom is -0.387 e. The lowest BCUT2D eigenvalue weighted by Gasteiger charge is -2.47. The maximum absolute atomic E-state index is 12.6. The Morgan fingerprint density at radius 3 is 1.65 bits per heavy atom. The molecule has 0 aromatic heterocycles. The number of aliphatic hydroxyl groups excluding tert-OH is 3. The molecule has 6 atom stereocenters. The van der Waals surface area contributed by atoms with E-state index in [9.17, 15) is 25.4 Å². The highest BCUT2D eigenvalue weighted by atomic mass is 16.6. The lowest BCUT2D eigenvalue weighted by Crippen LogP contribution is -2.76. The highest BCUT2D eigenvalue weighted by Gasteiger charge is 2.68. The Kier molecular flexibility index (Phi) is 8.99. The SMILES string of the molecule is O=[N+]([O-])[C@]1(COCc2ccccc2)[C@@H](O)[C@H](O)[C@@H](OCc2ccccc2)[C@H](O)[C@@H]1OCc1ccccc1. The minimum atomic E-state index is -2.35. The average molecular weight is 510 g/mol. The lowest BCUT2D eigenvalue weighted by atomic mass is 9.72. The van der Waals surface area contributed by atoms with Gasteiger partial charge in [0.2, 0.25) is 0 Å². The van der Waals surface area contributed by atoms with Gasteiger partial charge in [0.05, 0.1) is 19.8 Å². The molecular weight excluding hydrogens is 478 g/mol. The van der Waals surface area contributed by atoms with Crippen molar-refractivity contribution in [3.05, 3.63) is 118 Å². The van der Waals surface area contributed by atoms with Crippen LogP contribution >= 0.6 is 0 Å². The topological polar surface area (TPSA) is 132 Å². The Hall–Kier alpha value is -3.18. The molecule has 37 heavy (non-hydrogen) atoms. The largest absolute Gasteiger partial charge is 0.387 e. The van der Waals surface area contributed by atoms with Gasteiger partial charge in [0.15, 0.2) is 12.2 Å². The molecule has 9 nitrogen and oxygen atoms in total. The molecule has 1 aliphatic rings. The first-order valence-electron chi connectivity index (χ1n) is 12.0. The summed E-state index contributed by atoms with van der Waals surface area (Å²) in [5.74, 6) is 0. The van der Waals surface area contributed by atoms with Gasteiger partial charge in [-0.1, -0.05) is 91.0 Å². The van der Waals surface area contributed by atoms with Crippen molar-refractivity contribution in [1.29, 1.82) is 0 Å². The van der Waals surface area contributed by atoms with E-state index in [2.05, 4.69) is 0 Å². The first-order valence-corrected chi connectivity index (χ1v) is 12.0. The van der Waals surface area contributed by atoms with Crippen LogP contribution in [0.25, 0.3) is 0 Å². The van der Waals surface area contributed by atoms with Gasteiger partial charge in [-0.2, -0.15) is 0 Å². The summed E-state index contributed by atoms with van der Waals surface area (Å²) in [6.07, 6.45) is -8.21. The molecule has 4 rings (SSSR count). The fraction of sp³-hybridized carbons (Fsp3) is 0.357. The Labute approximate surface area is 215 Å². The first-order chi connectivity index (χ1) is 17.9. The molecule has 1 fully saturated rings. The fourth-order valence-electron chi connectivity index (χ4n) is 4.62. The number of aliphatic hydroxyl groups is 3. The van der Waals surface area contributed by atoms with E-state index in [4.69, 9.17) is 14.2 Å². The Bertz CT molecular complexity index is 1120. The zero-order valence-corrected chi connectivity index (χ0v) is 20.2. The van der Waals surface area contributed by atoms with Crippen LogP contribution < -0.4 is 0 Å². The smallest absolute Gasteiger partial charge is 0.301 e. The van der Waals surface area contributed by atoms with Crippen LogP contribution in [0.15, 0.2) is 91.0 Å². The second kappa shape index (κ2) is 12.4. The predicted molar refractivity (Wildman–Crippen MR) is 134 cm³/mol. The van der Waals surface area contributed by atoms with Gasteiger partial charge < -0.3 is 29.5 Å². The summed E-state index contributed by atoms with van der Waals surface area (Å²) in [5.41, 5.74) is -0.0807. The highest BCUT2D eigenvalue weighted by molar-refractivity contribution is 5.17. The van der Waals surface area contributed by atoms with Crippen LogP contribution in [0.1, 0.15) is 16.7 Å². The molecule has 0 heterocycles. The third-order valence-corrected chi connectivity index (χ3v) is 6.65. The van der Waals surface area contributed by atoms with Crippen LogP contribution in [0.5, 0.6) is 0 Å². The van der Waals surface area contributed by atoms with Gasteiger partial charge in [-0.3, -0.25) is 10.1 Å². The molecule has 0 unspecified atom stereocenters. The molecule has 0 saturated heterocycles. The summed E-state index contributed by atoms with van der Waals surface area (Å²) in [6.45, 7) is -0.609. The summed E-state index contributed by atoms with van der Waals surface area (Å²) in [4.78, 5) is 11.8. The van der Waals surface area contributed by atoms with Crippen molar-refractivity contribution >= 4 is 0 Å². The highest BCUT2D eigenvalue weighted by Crippen LogP contribution is 2.37. The molecule has 0 aliphatic heterocycles. The van der Waals surface area contributed by atoms with Crippen molar-refractivity contribution in [2.45, 2.75) is 55.9 Å². The molecular formula is C28H31NO8. The molecule has 0 bridgehead atoms. The average Bonchev–Trinajstić information content (AvgIpc) is 2.92. The summed E-state index contributed by atoms with van der Waals surface area (Å²) >= 11 is 0. The van der Waals surface area contributed by atoms with Gasteiger partial charge in [-0.15, -0.1) is 0 Å². The van der Waals surface area contributed by atoms with Crippen molar-refractivity contribution in [3.63, 3.8) is 0 Å². The molecule has 3 aromatic carbocycles. The van der Waals surface area contributed by atoms with Gasteiger partial charge in [0.25, 0.3) is 0 Å². The van der Waals surface area contributed by atoms with Gasteiger partial charge in [-0.25, -0.2) is 0 Å². The summed E-state index contributed by atoms with van der Waals surface area (Å²) in [5, 5.41) is 45.9. The number of hydrogen-bond acceptors (Lipinski definition) is 8. The van der Waals surface area contributed by atoms with Crippen LogP contribution in [0.3, 0.4) is 0 Å². The zero-order valence-electron chi connectivity index (χ0n) is 20.2. The van der Waals surface area contributed by atoms with E-state index in [1.54, 1.807) is 48.5 Å². The van der Waals surface area contributed by atoms with Gasteiger partial charge in [0.1, 0.15) is 24.9 Å². The van der Waals surface area contributed by atoms with Crippen molar-refractivity contribution in [2.75, 3.05) is 6.61 Å². The Balaban J connectivity index is 1.60. The van der Waals surface area contributed by atoms with Gasteiger partial charge >= 0.3 is 5.54 Å². The van der Waals surface area contributed by atoms with Crippen molar-refractivity contribution < 1.29 is 34.5 Å². The van der Waals surface area contributed by atoms with E-state index < -0.39 is 47.6 Å². The molecule has 3 aromatic rings. The van der Waals surface area contributed by atoms with Crippen molar-refractivity contribution in [2.24, 2.45) is 0 Å². The molecule has 0 radical (unpaired) electrons. The number of nitrogens with zero attached hydrogens (tertiary/aromatic N) is 1. The minimum absolute atomic E-state index is 0.0216. The standard InChI is InChI=1S/C28H31NO8/c30-23-25(36-17-21-12-6-2-7-13-21)24(31)27(37-18-22-14-8-3-9-15-22)28(26(23)32,29(33)34)19-35-16-20-10-4-1-5-11-20/h1-15,23-27,30-32H,16-19H2/t23-,24+,25-,26+,27+,28-/m1/s1. The van der Waals surface area contributed by atoms with Crippen molar-refractivity contribution in [1.82, 2.24) is 0 Å². The summed E-state index contributed by atoms with van der Waals surface area (Å²) < 4.78 is 17.4. The van der Waals surface area contributed by atoms with Crippen LogP contribution in [0.4, 0.5) is 0 Å². The predicted octanol–water partition coefficient (Wildman–Crippen LogP) is 2.49. The molecule has 9 heteroatoms. The zero-order chi connectivity index (χ0) is 26.3. The monoisotopic (exact) mass is 509 g/mol. The molecule has 0 spiro atoms. The second-order valence-corrected chi connectivity index (χ2v) is 9.13. The number of rotatable bonds is 11. The molecule has 1 aliphatic carbocycles. The number of nitro groups is 1. The number of ether oxygens (including phenoxy) is 3. The molecule has 3 N–H and O–H groups in total. The van der Waals surface area contributed by atoms with Crippen LogP contribution in [0.2, 0.25) is 0 Å². The normalized spacial score (nSPS) is 27.6. The van der Waals surface area contributed by atoms with E-state index in [1.807, 2.05) is 42.5 Å². The van der Waals surface area contributed by atoms with E-state index in [0.717, 1.165) is 16.7 Å². The maximum Gasteiger partial charge on any atom is 0.301 e. The lowest BCUT2D eigenvalue weighted by molar-refractivity contribution is -0.613. The number of benzene rings is 3. The van der Waals surface area contributed by atoms with Gasteiger partial charge in [0, 0.05) is 4.92 Å². The second-order valence-electron chi connectivity index (χ2n) is 9.13. The quantitative estimate of drug-likeness (QED) is 0.265. The van der Waals surface area contributed by atoms with E-state index >= 15 is 0 Å². The maximum atomic E-state index is 12.6. The van der Waals surface area contributed by atoms with Crippen molar-refractivity contribution in [3.8, 4) is 0 Å². The summed E-state index contributed by atoms with van der Waals surface area (Å²) in [6, 6.07) is 27.1. The van der Waals surface area contributed by atoms with Crippen LogP contribution in [-0.2, 0) is 34.0 Å². The number of hydrogen-bond donors (Lipinski definition) is 3. The first kappa shape index (κ1) is 26.9. The van der Waals surface area contributed by atoms with Crippen LogP contribution in [-0.4, -0.2) is 62.9 Å². The fourth-order valence-corrected chi connectivity index (χ4v) is 4.62.